The molecule has 1 heterocycles. The molecule has 0 aliphatic heterocycles. The molecule has 0 unspecified atom stereocenters. The number of aryl methyl sites for hydroxylation is 2. The zero-order chi connectivity index (χ0) is 14.8. The number of thiazole rings is 1. The van der Waals surface area contributed by atoms with Gasteiger partial charge in [0.15, 0.2) is 5.13 Å². The topological polar surface area (TPSA) is 91.8 Å². The second-order valence-electron chi connectivity index (χ2n) is 4.82. The van der Waals surface area contributed by atoms with Crippen LogP contribution < -0.4 is 5.32 Å². The SMILES string of the molecule is N#Cc1ccc(Nc2nc3c(s2)CCCC3)cc1[N+](=O)[O-]. The minimum Gasteiger partial charge on any atom is -0.331 e. The first-order valence-electron chi connectivity index (χ1n) is 6.61. The molecule has 0 bridgehead atoms. The van der Waals surface area contributed by atoms with E-state index in [0.29, 0.717) is 5.69 Å². The fraction of sp³-hybridized carbons (Fsp3) is 0.286. The molecule has 1 aliphatic rings. The number of fused-ring (bicyclic) bond motifs is 1. The molecular formula is C14H12N4O2S. The van der Waals surface area contributed by atoms with Gasteiger partial charge in [-0.05, 0) is 37.8 Å². The molecule has 2 aromatic rings. The summed E-state index contributed by atoms with van der Waals surface area (Å²) in [6.07, 6.45) is 4.42. The molecule has 106 valence electrons. The fourth-order valence-corrected chi connectivity index (χ4v) is 3.45. The van der Waals surface area contributed by atoms with E-state index in [2.05, 4.69) is 10.3 Å². The van der Waals surface area contributed by atoms with Crippen LogP contribution in [0.2, 0.25) is 0 Å². The zero-order valence-electron chi connectivity index (χ0n) is 11.1. The minimum atomic E-state index is -0.545. The van der Waals surface area contributed by atoms with Crippen LogP contribution in [0.4, 0.5) is 16.5 Å². The lowest BCUT2D eigenvalue weighted by molar-refractivity contribution is -0.385. The number of anilines is 2. The zero-order valence-corrected chi connectivity index (χ0v) is 11.9. The molecule has 0 saturated heterocycles. The molecule has 1 aromatic heterocycles. The molecule has 21 heavy (non-hydrogen) atoms. The van der Waals surface area contributed by atoms with Crippen LogP contribution in [0, 0.1) is 21.4 Å². The summed E-state index contributed by atoms with van der Waals surface area (Å²) in [6, 6.07) is 6.31. The summed E-state index contributed by atoms with van der Waals surface area (Å²) >= 11 is 1.60. The first-order valence-corrected chi connectivity index (χ1v) is 7.43. The molecule has 0 radical (unpaired) electrons. The number of aromatic nitrogens is 1. The van der Waals surface area contributed by atoms with E-state index in [4.69, 9.17) is 5.26 Å². The lowest BCUT2D eigenvalue weighted by atomic mass is 10.0. The van der Waals surface area contributed by atoms with Crippen LogP contribution in [0.3, 0.4) is 0 Å². The number of nitro groups is 1. The van der Waals surface area contributed by atoms with Gasteiger partial charge in [0, 0.05) is 16.6 Å². The van der Waals surface area contributed by atoms with Gasteiger partial charge in [-0.15, -0.1) is 11.3 Å². The van der Waals surface area contributed by atoms with Crippen molar-refractivity contribution in [2.75, 3.05) is 5.32 Å². The highest BCUT2D eigenvalue weighted by Crippen LogP contribution is 2.32. The molecular weight excluding hydrogens is 288 g/mol. The number of hydrogen-bond acceptors (Lipinski definition) is 6. The molecule has 1 aliphatic carbocycles. The first-order chi connectivity index (χ1) is 10.2. The Labute approximate surface area is 125 Å². The van der Waals surface area contributed by atoms with Gasteiger partial charge in [0.05, 0.1) is 10.6 Å². The van der Waals surface area contributed by atoms with Gasteiger partial charge >= 0.3 is 0 Å². The normalized spacial score (nSPS) is 13.3. The Morgan fingerprint density at radius 1 is 1.38 bits per heavy atom. The summed E-state index contributed by atoms with van der Waals surface area (Å²) in [5.41, 5.74) is 1.58. The van der Waals surface area contributed by atoms with E-state index in [1.54, 1.807) is 17.4 Å². The quantitative estimate of drug-likeness (QED) is 0.691. The maximum atomic E-state index is 11.0. The monoisotopic (exact) mass is 300 g/mol. The highest BCUT2D eigenvalue weighted by atomic mass is 32.1. The third-order valence-corrected chi connectivity index (χ3v) is 4.48. The van der Waals surface area contributed by atoms with Crippen molar-refractivity contribution in [1.82, 2.24) is 4.98 Å². The number of rotatable bonds is 3. The van der Waals surface area contributed by atoms with E-state index in [0.717, 1.165) is 23.7 Å². The third kappa shape index (κ3) is 2.71. The summed E-state index contributed by atoms with van der Waals surface area (Å²) in [5.74, 6) is 0. The molecule has 0 spiro atoms. The average molecular weight is 300 g/mol. The number of nitrogens with one attached hydrogen (secondary N) is 1. The van der Waals surface area contributed by atoms with Crippen LogP contribution in [0.5, 0.6) is 0 Å². The van der Waals surface area contributed by atoms with Crippen molar-refractivity contribution in [2.24, 2.45) is 0 Å². The Morgan fingerprint density at radius 3 is 2.90 bits per heavy atom. The fourth-order valence-electron chi connectivity index (χ4n) is 2.38. The average Bonchev–Trinajstić information content (AvgIpc) is 2.89. The second kappa shape index (κ2) is 5.50. The van der Waals surface area contributed by atoms with Gasteiger partial charge in [-0.3, -0.25) is 10.1 Å². The second-order valence-corrected chi connectivity index (χ2v) is 5.91. The molecule has 0 saturated carbocycles. The largest absolute Gasteiger partial charge is 0.331 e. The third-order valence-electron chi connectivity index (χ3n) is 3.41. The van der Waals surface area contributed by atoms with Crippen molar-refractivity contribution in [1.29, 1.82) is 5.26 Å². The van der Waals surface area contributed by atoms with Gasteiger partial charge in [0.25, 0.3) is 5.69 Å². The van der Waals surface area contributed by atoms with Gasteiger partial charge in [0.2, 0.25) is 0 Å². The summed E-state index contributed by atoms with van der Waals surface area (Å²) in [7, 11) is 0. The van der Waals surface area contributed by atoms with Crippen molar-refractivity contribution in [3.63, 3.8) is 0 Å². The predicted molar refractivity (Wildman–Crippen MR) is 79.9 cm³/mol. The van der Waals surface area contributed by atoms with Crippen molar-refractivity contribution in [3.8, 4) is 6.07 Å². The summed E-state index contributed by atoms with van der Waals surface area (Å²) in [5, 5.41) is 23.7. The van der Waals surface area contributed by atoms with E-state index >= 15 is 0 Å². The highest BCUT2D eigenvalue weighted by molar-refractivity contribution is 7.15. The molecule has 7 heteroatoms. The number of benzene rings is 1. The van der Waals surface area contributed by atoms with Gasteiger partial charge in [-0.25, -0.2) is 4.98 Å². The van der Waals surface area contributed by atoms with Crippen LogP contribution in [-0.4, -0.2) is 9.91 Å². The molecule has 1 N–H and O–H groups in total. The molecule has 0 atom stereocenters. The lowest BCUT2D eigenvalue weighted by Gasteiger charge is -2.06. The predicted octanol–water partition coefficient (Wildman–Crippen LogP) is 3.55. The Balaban J connectivity index is 1.88. The number of nitrogens with zero attached hydrogens (tertiary/aromatic N) is 3. The summed E-state index contributed by atoms with van der Waals surface area (Å²) < 4.78 is 0. The van der Waals surface area contributed by atoms with E-state index in [1.165, 1.54) is 29.9 Å². The van der Waals surface area contributed by atoms with Crippen LogP contribution in [0.1, 0.15) is 29.0 Å². The Hall–Kier alpha value is -2.46. The number of nitriles is 1. The maximum Gasteiger partial charge on any atom is 0.289 e. The van der Waals surface area contributed by atoms with Crippen LogP contribution >= 0.6 is 11.3 Å². The molecule has 0 amide bonds. The molecule has 0 fully saturated rings. The molecule has 6 nitrogen and oxygen atoms in total. The van der Waals surface area contributed by atoms with Crippen molar-refractivity contribution < 1.29 is 4.92 Å². The minimum absolute atomic E-state index is 0.0592. The van der Waals surface area contributed by atoms with E-state index in [9.17, 15) is 10.1 Å². The summed E-state index contributed by atoms with van der Waals surface area (Å²) in [4.78, 5) is 16.2. The highest BCUT2D eigenvalue weighted by Gasteiger charge is 2.17. The van der Waals surface area contributed by atoms with E-state index in [1.807, 2.05) is 6.07 Å². The van der Waals surface area contributed by atoms with Gasteiger partial charge < -0.3 is 5.32 Å². The standard InChI is InChI=1S/C14H12N4O2S/c15-8-9-5-6-10(7-12(9)18(19)20)16-14-17-11-3-1-2-4-13(11)21-14/h5-7H,1-4H2,(H,16,17). The van der Waals surface area contributed by atoms with Crippen molar-refractivity contribution in [3.05, 3.63) is 44.4 Å². The van der Waals surface area contributed by atoms with E-state index in [-0.39, 0.29) is 11.3 Å². The van der Waals surface area contributed by atoms with Crippen molar-refractivity contribution in [2.45, 2.75) is 25.7 Å². The Morgan fingerprint density at radius 2 is 2.19 bits per heavy atom. The van der Waals surface area contributed by atoms with Gasteiger partial charge in [-0.1, -0.05) is 0 Å². The van der Waals surface area contributed by atoms with Crippen LogP contribution in [0.25, 0.3) is 0 Å². The molecule has 3 rings (SSSR count). The van der Waals surface area contributed by atoms with E-state index < -0.39 is 4.92 Å². The number of nitro benzene ring substituents is 1. The maximum absolute atomic E-state index is 11.0. The van der Waals surface area contributed by atoms with Crippen molar-refractivity contribution >= 4 is 27.8 Å². The first kappa shape index (κ1) is 13.5. The Kier molecular flexibility index (Phi) is 3.54. The van der Waals surface area contributed by atoms with Crippen LogP contribution in [0.15, 0.2) is 18.2 Å². The van der Waals surface area contributed by atoms with Gasteiger partial charge in [0.1, 0.15) is 11.6 Å². The van der Waals surface area contributed by atoms with Gasteiger partial charge in [-0.2, -0.15) is 5.26 Å². The summed E-state index contributed by atoms with van der Waals surface area (Å²) in [6.45, 7) is 0. The Bertz CT molecular complexity index is 724. The number of hydrogen-bond donors (Lipinski definition) is 1. The lowest BCUT2D eigenvalue weighted by Crippen LogP contribution is -1.99. The smallest absolute Gasteiger partial charge is 0.289 e. The van der Waals surface area contributed by atoms with Crippen LogP contribution in [-0.2, 0) is 12.8 Å². The molecule has 1 aromatic carbocycles.